The van der Waals surface area contributed by atoms with Crippen molar-refractivity contribution in [3.63, 3.8) is 0 Å². The molecule has 3 rings (SSSR count). The van der Waals surface area contributed by atoms with E-state index in [9.17, 15) is 8.42 Å². The minimum Gasteiger partial charge on any atom is -0.329 e. The summed E-state index contributed by atoms with van der Waals surface area (Å²) in [6, 6.07) is 10.2. The highest BCUT2D eigenvalue weighted by Crippen LogP contribution is 2.11. The van der Waals surface area contributed by atoms with E-state index in [1.807, 2.05) is 13.1 Å². The number of nitrogens with zero attached hydrogens (tertiary/aromatic N) is 2. The lowest BCUT2D eigenvalue weighted by atomic mass is 10.2. The largest absolute Gasteiger partial charge is 0.329 e. The molecule has 128 valence electrons. The van der Waals surface area contributed by atoms with E-state index in [0.29, 0.717) is 6.54 Å². The van der Waals surface area contributed by atoms with Crippen LogP contribution >= 0.6 is 11.3 Å². The number of hydrogen-bond donors (Lipinski definition) is 2. The molecule has 24 heavy (non-hydrogen) atoms. The van der Waals surface area contributed by atoms with Crippen molar-refractivity contribution in [1.29, 1.82) is 0 Å². The van der Waals surface area contributed by atoms with Gasteiger partial charge in [-0.3, -0.25) is 4.55 Å². The Morgan fingerprint density at radius 3 is 2.50 bits per heavy atom. The number of aromatic nitrogens is 2. The first kappa shape index (κ1) is 18.3. The van der Waals surface area contributed by atoms with Gasteiger partial charge < -0.3 is 10.3 Å². The Morgan fingerprint density at radius 1 is 1.25 bits per heavy atom. The summed E-state index contributed by atoms with van der Waals surface area (Å²) in [6.45, 7) is 3.22. The minimum atomic E-state index is -4.02. The molecular weight excluding hydrogens is 346 g/mol. The van der Waals surface area contributed by atoms with E-state index < -0.39 is 10.1 Å². The molecule has 0 aliphatic carbocycles. The number of nitrogens with two attached hydrogens (primary N) is 1. The number of imidazole rings is 1. The summed E-state index contributed by atoms with van der Waals surface area (Å²) < 4.78 is 31.6. The van der Waals surface area contributed by atoms with Crippen LogP contribution in [-0.2, 0) is 23.2 Å². The van der Waals surface area contributed by atoms with Gasteiger partial charge >= 0.3 is 0 Å². The Kier molecular flexibility index (Phi) is 6.27. The average molecular weight is 365 g/mol. The van der Waals surface area contributed by atoms with E-state index in [0.717, 1.165) is 17.9 Å². The smallest absolute Gasteiger partial charge is 0.294 e. The first-order chi connectivity index (χ1) is 11.4. The van der Waals surface area contributed by atoms with Crippen molar-refractivity contribution in [3.8, 4) is 0 Å². The fourth-order valence-electron chi connectivity index (χ4n) is 1.95. The third-order valence-corrected chi connectivity index (χ3v) is 4.94. The zero-order valence-electron chi connectivity index (χ0n) is 13.2. The van der Waals surface area contributed by atoms with Gasteiger partial charge in [0.15, 0.2) is 0 Å². The van der Waals surface area contributed by atoms with Crippen LogP contribution in [0.4, 0.5) is 0 Å². The summed E-state index contributed by atoms with van der Waals surface area (Å²) in [5.74, 6) is 0.938. The van der Waals surface area contributed by atoms with Gasteiger partial charge in [0, 0.05) is 17.3 Å². The predicted molar refractivity (Wildman–Crippen MR) is 94.5 cm³/mol. The van der Waals surface area contributed by atoms with Gasteiger partial charge in [0.1, 0.15) is 5.82 Å². The number of rotatable bonds is 4. The van der Waals surface area contributed by atoms with E-state index in [4.69, 9.17) is 10.3 Å². The molecule has 2 aromatic heterocycles. The Hall–Kier alpha value is -2.00. The lowest BCUT2D eigenvalue weighted by molar-refractivity contribution is 0.483. The van der Waals surface area contributed by atoms with Crippen LogP contribution in [0.2, 0.25) is 0 Å². The molecule has 6 nitrogen and oxygen atoms in total. The molecule has 0 aliphatic heterocycles. The van der Waals surface area contributed by atoms with E-state index in [1.165, 1.54) is 17.0 Å². The highest BCUT2D eigenvalue weighted by molar-refractivity contribution is 7.85. The molecule has 8 heteroatoms. The van der Waals surface area contributed by atoms with Crippen molar-refractivity contribution in [3.05, 3.63) is 70.4 Å². The standard InChI is InChI=1S/C9H11N3S.C7H8O3S/c10-6-9-11-3-4-12(9)7-8-2-1-5-13-8;1-6-2-4-7(5-3-6)11(8,9)10/h1-5H,6-7,10H2;2-5H,1H3,(H,8,9,10). The van der Waals surface area contributed by atoms with E-state index in [2.05, 4.69) is 27.1 Å². The molecule has 0 unspecified atom stereocenters. The maximum Gasteiger partial charge on any atom is 0.294 e. The average Bonchev–Trinajstić information content (AvgIpc) is 3.19. The third-order valence-electron chi connectivity index (χ3n) is 3.21. The van der Waals surface area contributed by atoms with Gasteiger partial charge in [-0.05, 0) is 30.5 Å². The first-order valence-corrected chi connectivity index (χ1v) is 9.48. The topological polar surface area (TPSA) is 98.2 Å². The molecule has 2 heterocycles. The van der Waals surface area contributed by atoms with Crippen molar-refractivity contribution in [2.75, 3.05) is 0 Å². The van der Waals surface area contributed by atoms with Crippen LogP contribution in [0.5, 0.6) is 0 Å². The maximum absolute atomic E-state index is 10.5. The van der Waals surface area contributed by atoms with Gasteiger partial charge in [-0.1, -0.05) is 23.8 Å². The van der Waals surface area contributed by atoms with E-state index >= 15 is 0 Å². The number of benzene rings is 1. The molecule has 0 saturated heterocycles. The summed E-state index contributed by atoms with van der Waals surface area (Å²) in [5, 5.41) is 2.08. The van der Waals surface area contributed by atoms with Crippen molar-refractivity contribution in [2.24, 2.45) is 5.73 Å². The van der Waals surface area contributed by atoms with Gasteiger partial charge in [0.2, 0.25) is 0 Å². The molecule has 0 radical (unpaired) electrons. The van der Waals surface area contributed by atoms with Gasteiger partial charge in [-0.25, -0.2) is 4.98 Å². The number of aryl methyl sites for hydroxylation is 1. The normalized spacial score (nSPS) is 11.0. The number of hydrogen-bond acceptors (Lipinski definition) is 5. The SMILES string of the molecule is Cc1ccc(S(=O)(=O)O)cc1.NCc1nccn1Cc1cccs1. The highest BCUT2D eigenvalue weighted by Gasteiger charge is 2.06. The van der Waals surface area contributed by atoms with Gasteiger partial charge in [0.25, 0.3) is 10.1 Å². The van der Waals surface area contributed by atoms with Crippen LogP contribution in [0.25, 0.3) is 0 Å². The summed E-state index contributed by atoms with van der Waals surface area (Å²) in [6.07, 6.45) is 3.75. The van der Waals surface area contributed by atoms with E-state index in [-0.39, 0.29) is 4.90 Å². The summed E-state index contributed by atoms with van der Waals surface area (Å²) in [4.78, 5) is 5.42. The molecule has 0 fully saturated rings. The molecule has 0 saturated carbocycles. The molecule has 0 atom stereocenters. The zero-order chi connectivity index (χ0) is 17.6. The first-order valence-electron chi connectivity index (χ1n) is 7.17. The molecule has 0 bridgehead atoms. The molecular formula is C16H19N3O3S2. The second-order valence-electron chi connectivity index (χ2n) is 5.04. The van der Waals surface area contributed by atoms with Gasteiger partial charge in [0.05, 0.1) is 18.0 Å². The molecule has 0 amide bonds. The monoisotopic (exact) mass is 365 g/mol. The maximum atomic E-state index is 10.5. The van der Waals surface area contributed by atoms with Crippen LogP contribution in [-0.4, -0.2) is 22.5 Å². The lowest BCUT2D eigenvalue weighted by Crippen LogP contribution is -2.07. The second kappa shape index (κ2) is 8.20. The number of thiophene rings is 1. The Balaban J connectivity index is 0.000000177. The highest BCUT2D eigenvalue weighted by atomic mass is 32.2. The van der Waals surface area contributed by atoms with Crippen molar-refractivity contribution in [1.82, 2.24) is 9.55 Å². The molecule has 3 N–H and O–H groups in total. The van der Waals surface area contributed by atoms with Crippen LogP contribution in [0.3, 0.4) is 0 Å². The lowest BCUT2D eigenvalue weighted by Gasteiger charge is -2.03. The molecule has 1 aromatic carbocycles. The van der Waals surface area contributed by atoms with E-state index in [1.54, 1.807) is 29.7 Å². The third kappa shape index (κ3) is 5.27. The van der Waals surface area contributed by atoms with Gasteiger partial charge in [-0.2, -0.15) is 8.42 Å². The summed E-state index contributed by atoms with van der Waals surface area (Å²) in [7, 11) is -4.02. The summed E-state index contributed by atoms with van der Waals surface area (Å²) >= 11 is 1.75. The second-order valence-corrected chi connectivity index (χ2v) is 7.50. The van der Waals surface area contributed by atoms with Crippen LogP contribution in [0.15, 0.2) is 59.1 Å². The fourth-order valence-corrected chi connectivity index (χ4v) is 3.14. The molecule has 0 aliphatic rings. The van der Waals surface area contributed by atoms with Crippen molar-refractivity contribution >= 4 is 21.5 Å². The van der Waals surface area contributed by atoms with Crippen LogP contribution < -0.4 is 5.73 Å². The quantitative estimate of drug-likeness (QED) is 0.693. The zero-order valence-corrected chi connectivity index (χ0v) is 14.8. The molecule has 0 spiro atoms. The van der Waals surface area contributed by atoms with Crippen LogP contribution in [0, 0.1) is 6.92 Å². The Labute approximate surface area is 145 Å². The van der Waals surface area contributed by atoms with Crippen molar-refractivity contribution < 1.29 is 13.0 Å². The van der Waals surface area contributed by atoms with Crippen molar-refractivity contribution in [2.45, 2.75) is 24.9 Å². The Bertz CT molecular complexity index is 854. The predicted octanol–water partition coefficient (Wildman–Crippen LogP) is 2.69. The van der Waals surface area contributed by atoms with Crippen LogP contribution in [0.1, 0.15) is 16.3 Å². The Morgan fingerprint density at radius 2 is 1.96 bits per heavy atom. The van der Waals surface area contributed by atoms with Gasteiger partial charge in [-0.15, -0.1) is 11.3 Å². The summed E-state index contributed by atoms with van der Waals surface area (Å²) in [5.41, 5.74) is 6.50. The molecule has 3 aromatic rings. The minimum absolute atomic E-state index is 0.0666. The fraction of sp³-hybridized carbons (Fsp3) is 0.188.